The van der Waals surface area contributed by atoms with Crippen LogP contribution in [-0.4, -0.2) is 98.4 Å². The van der Waals surface area contributed by atoms with Gasteiger partial charge in [0.1, 0.15) is 6.10 Å². The highest BCUT2D eigenvalue weighted by molar-refractivity contribution is 7.13. The minimum absolute atomic E-state index is 0.0478. The smallest absolute Gasteiger partial charge is 0.242 e. The van der Waals surface area contributed by atoms with Crippen LogP contribution in [0.3, 0.4) is 0 Å². The molecule has 11 nitrogen and oxygen atoms in total. The van der Waals surface area contributed by atoms with Crippen LogP contribution in [0.15, 0.2) is 5.38 Å². The third-order valence-electron chi connectivity index (χ3n) is 10.7. The number of aromatic nitrogens is 1. The van der Waals surface area contributed by atoms with Crippen molar-refractivity contribution in [2.24, 2.45) is 23.7 Å². The van der Waals surface area contributed by atoms with Crippen molar-refractivity contribution in [3.05, 3.63) is 11.1 Å². The summed E-state index contributed by atoms with van der Waals surface area (Å²) in [5.41, 5.74) is 6.55. The van der Waals surface area contributed by atoms with Gasteiger partial charge in [-0.3, -0.25) is 14.4 Å². The molecule has 4 rings (SSSR count). The van der Waals surface area contributed by atoms with E-state index < -0.39 is 30.3 Å². The predicted octanol–water partition coefficient (Wildman–Crippen LogP) is 3.89. The Kier molecular flexibility index (Phi) is 15.4. The number of anilines is 1. The molecule has 2 aliphatic carbocycles. The summed E-state index contributed by atoms with van der Waals surface area (Å²) in [4.78, 5) is 49.5. The molecule has 4 atom stereocenters. The molecule has 2 saturated carbocycles. The van der Waals surface area contributed by atoms with E-state index in [-0.39, 0.29) is 43.0 Å². The van der Waals surface area contributed by atoms with Crippen molar-refractivity contribution in [3.8, 4) is 0 Å². The number of nitrogens with one attached hydrogen (secondary N) is 1. The molecule has 3 aliphatic rings. The number of amides is 3. The van der Waals surface area contributed by atoms with Crippen LogP contribution in [0, 0.1) is 23.7 Å². The second-order valence-corrected chi connectivity index (χ2v) is 16.1. The number of carbonyl (C=O) groups excluding carboxylic acids is 3. The molecule has 2 heterocycles. The van der Waals surface area contributed by atoms with Gasteiger partial charge in [0.05, 0.1) is 36.4 Å². The summed E-state index contributed by atoms with van der Waals surface area (Å²) in [7, 11) is 0. The zero-order chi connectivity index (χ0) is 34.6. The lowest BCUT2D eigenvalue weighted by Gasteiger charge is -2.35. The standard InChI is InChI=1S/C36H61N5O6S/c1-24(2)17-31(43)34(46)30(18-25-9-5-3-6-10-25)39-35(47)27(19-28-23-48-36(37)38-28)20-32(44)41(21-26-11-7-4-8-12-26)22-33(45)40-15-13-29(42)14-16-40/h23-27,29-31,34,42-43,46H,3-22H2,1-2H3,(H2,37,38)(H,39,47)/t27-,30+,31+,34-/m1/s1. The van der Waals surface area contributed by atoms with Crippen LogP contribution in [-0.2, 0) is 20.8 Å². The summed E-state index contributed by atoms with van der Waals surface area (Å²) in [6, 6.07) is -0.651. The topological polar surface area (TPSA) is 169 Å². The Balaban J connectivity index is 1.53. The van der Waals surface area contributed by atoms with E-state index >= 15 is 0 Å². The Morgan fingerprint density at radius 2 is 1.62 bits per heavy atom. The van der Waals surface area contributed by atoms with Crippen LogP contribution >= 0.6 is 11.3 Å². The van der Waals surface area contributed by atoms with E-state index in [0.29, 0.717) is 68.0 Å². The van der Waals surface area contributed by atoms with E-state index in [0.717, 1.165) is 51.4 Å². The van der Waals surface area contributed by atoms with Gasteiger partial charge in [-0.25, -0.2) is 4.98 Å². The number of thiazole rings is 1. The first-order valence-corrected chi connectivity index (χ1v) is 19.5. The Hall–Kier alpha value is -2.28. The van der Waals surface area contributed by atoms with Gasteiger partial charge in [0.15, 0.2) is 5.13 Å². The summed E-state index contributed by atoms with van der Waals surface area (Å²) in [5, 5.41) is 37.5. The molecule has 1 aliphatic heterocycles. The number of piperidine rings is 1. The van der Waals surface area contributed by atoms with Gasteiger partial charge in [-0.2, -0.15) is 0 Å². The van der Waals surface area contributed by atoms with E-state index in [2.05, 4.69) is 10.3 Å². The molecule has 0 bridgehead atoms. The second-order valence-electron chi connectivity index (χ2n) is 15.2. The quantitative estimate of drug-likeness (QED) is 0.174. The molecule has 1 aromatic rings. The van der Waals surface area contributed by atoms with Crippen LogP contribution in [0.4, 0.5) is 5.13 Å². The van der Waals surface area contributed by atoms with E-state index in [4.69, 9.17) is 5.73 Å². The third-order valence-corrected chi connectivity index (χ3v) is 11.4. The first-order chi connectivity index (χ1) is 23.0. The van der Waals surface area contributed by atoms with Gasteiger partial charge in [0.25, 0.3) is 0 Å². The number of rotatable bonds is 16. The van der Waals surface area contributed by atoms with Gasteiger partial charge in [-0.15, -0.1) is 11.3 Å². The molecule has 0 unspecified atom stereocenters. The Morgan fingerprint density at radius 1 is 1.00 bits per heavy atom. The van der Waals surface area contributed by atoms with E-state index in [1.165, 1.54) is 24.2 Å². The molecule has 1 saturated heterocycles. The van der Waals surface area contributed by atoms with Gasteiger partial charge in [-0.05, 0) is 56.3 Å². The number of likely N-dealkylation sites (tertiary alicyclic amines) is 1. The van der Waals surface area contributed by atoms with Gasteiger partial charge >= 0.3 is 0 Å². The largest absolute Gasteiger partial charge is 0.393 e. The van der Waals surface area contributed by atoms with E-state index in [1.807, 2.05) is 13.8 Å². The Labute approximate surface area is 291 Å². The monoisotopic (exact) mass is 691 g/mol. The van der Waals surface area contributed by atoms with Gasteiger partial charge < -0.3 is 36.2 Å². The lowest BCUT2D eigenvalue weighted by Crippen LogP contribution is -2.52. The van der Waals surface area contributed by atoms with Crippen molar-refractivity contribution in [2.45, 2.75) is 141 Å². The Bertz CT molecular complexity index is 1150. The molecular weight excluding hydrogens is 630 g/mol. The highest BCUT2D eigenvalue weighted by Gasteiger charge is 2.35. The predicted molar refractivity (Wildman–Crippen MR) is 188 cm³/mol. The van der Waals surface area contributed by atoms with Crippen molar-refractivity contribution in [1.82, 2.24) is 20.1 Å². The number of aliphatic hydroxyl groups is 3. The third kappa shape index (κ3) is 12.2. The molecule has 6 N–H and O–H groups in total. The average molecular weight is 692 g/mol. The SMILES string of the molecule is CC(C)C[C@H](O)[C@H](O)[C@H](CC1CCCCC1)NC(=O)[C@@H](CC(=O)N(CC(=O)N1CCC(O)CC1)CC1CCCCC1)Cc1csc(N)n1. The fourth-order valence-electron chi connectivity index (χ4n) is 7.84. The first-order valence-electron chi connectivity index (χ1n) is 18.6. The zero-order valence-corrected chi connectivity index (χ0v) is 30.0. The van der Waals surface area contributed by atoms with E-state index in [1.54, 1.807) is 15.2 Å². The maximum absolute atomic E-state index is 14.2. The number of nitrogens with zero attached hydrogens (tertiary/aromatic N) is 3. The summed E-state index contributed by atoms with van der Waals surface area (Å²) in [6.07, 6.45) is 10.5. The lowest BCUT2D eigenvalue weighted by atomic mass is 9.82. The van der Waals surface area contributed by atoms with Crippen molar-refractivity contribution in [1.29, 1.82) is 0 Å². The summed E-state index contributed by atoms with van der Waals surface area (Å²) in [5.74, 6) is -0.711. The molecule has 0 spiro atoms. The number of carbonyl (C=O) groups is 3. The molecule has 1 aromatic heterocycles. The summed E-state index contributed by atoms with van der Waals surface area (Å²) in [6.45, 7) is 5.34. The van der Waals surface area contributed by atoms with Gasteiger partial charge in [0, 0.05) is 37.9 Å². The average Bonchev–Trinajstić information content (AvgIpc) is 3.48. The Morgan fingerprint density at radius 3 is 2.21 bits per heavy atom. The van der Waals surface area contributed by atoms with E-state index in [9.17, 15) is 29.7 Å². The molecule has 3 fully saturated rings. The summed E-state index contributed by atoms with van der Waals surface area (Å²) < 4.78 is 0. The lowest BCUT2D eigenvalue weighted by molar-refractivity contribution is -0.144. The minimum atomic E-state index is -1.13. The van der Waals surface area contributed by atoms with Gasteiger partial charge in [0.2, 0.25) is 17.7 Å². The van der Waals surface area contributed by atoms with Crippen LogP contribution in [0.5, 0.6) is 0 Å². The van der Waals surface area contributed by atoms with Crippen molar-refractivity contribution in [2.75, 3.05) is 31.9 Å². The number of hydrogen-bond donors (Lipinski definition) is 5. The minimum Gasteiger partial charge on any atom is -0.393 e. The molecular formula is C36H61N5O6S. The normalized spacial score (nSPS) is 21.1. The molecule has 3 amide bonds. The number of nitrogen functional groups attached to an aromatic ring is 1. The van der Waals surface area contributed by atoms with Crippen LogP contribution in [0.2, 0.25) is 0 Å². The molecule has 48 heavy (non-hydrogen) atoms. The number of aliphatic hydroxyl groups excluding tert-OH is 3. The maximum atomic E-state index is 14.2. The van der Waals surface area contributed by atoms with Crippen molar-refractivity contribution in [3.63, 3.8) is 0 Å². The number of hydrogen-bond acceptors (Lipinski definition) is 9. The van der Waals surface area contributed by atoms with Crippen LogP contribution in [0.25, 0.3) is 0 Å². The fourth-order valence-corrected chi connectivity index (χ4v) is 8.41. The van der Waals surface area contributed by atoms with Crippen LogP contribution < -0.4 is 11.1 Å². The second kappa shape index (κ2) is 19.2. The highest BCUT2D eigenvalue weighted by Crippen LogP contribution is 2.30. The number of nitrogens with two attached hydrogens (primary N) is 1. The molecule has 0 aromatic carbocycles. The highest BCUT2D eigenvalue weighted by atomic mass is 32.1. The molecule has 12 heteroatoms. The maximum Gasteiger partial charge on any atom is 0.242 e. The molecule has 272 valence electrons. The zero-order valence-electron chi connectivity index (χ0n) is 29.2. The summed E-state index contributed by atoms with van der Waals surface area (Å²) >= 11 is 1.28. The van der Waals surface area contributed by atoms with Crippen LogP contribution in [0.1, 0.15) is 116 Å². The van der Waals surface area contributed by atoms with Crippen molar-refractivity contribution >= 4 is 34.2 Å². The molecule has 0 radical (unpaired) electrons. The van der Waals surface area contributed by atoms with Crippen molar-refractivity contribution < 1.29 is 29.7 Å². The van der Waals surface area contributed by atoms with Gasteiger partial charge in [-0.1, -0.05) is 65.2 Å². The fraction of sp³-hybridized carbons (Fsp3) is 0.833. The first kappa shape index (κ1) is 38.5.